The fourth-order valence-corrected chi connectivity index (χ4v) is 3.99. The van der Waals surface area contributed by atoms with Crippen LogP contribution in [0.25, 0.3) is 0 Å². The molecule has 26 heavy (non-hydrogen) atoms. The Labute approximate surface area is 158 Å². The second-order valence-electron chi connectivity index (χ2n) is 5.49. The summed E-state index contributed by atoms with van der Waals surface area (Å²) in [6.07, 6.45) is 3.40. The molecule has 132 valence electrons. The molecular formula is C18H15N3O3S2. The van der Waals surface area contributed by atoms with Crippen LogP contribution in [-0.2, 0) is 0 Å². The molecule has 3 heterocycles. The Kier molecular flexibility index (Phi) is 4.77. The second-order valence-corrected chi connectivity index (χ2v) is 7.79. The molecule has 2 aromatic heterocycles. The third kappa shape index (κ3) is 3.66. The lowest BCUT2D eigenvalue weighted by Gasteiger charge is -2.18. The van der Waals surface area contributed by atoms with Crippen LogP contribution in [0.3, 0.4) is 0 Å². The zero-order valence-corrected chi connectivity index (χ0v) is 15.5. The quantitative estimate of drug-likeness (QED) is 0.731. The van der Waals surface area contributed by atoms with Gasteiger partial charge in [0.15, 0.2) is 16.6 Å². The average Bonchev–Trinajstić information content (AvgIpc) is 3.07. The van der Waals surface area contributed by atoms with Crippen molar-refractivity contribution in [2.24, 2.45) is 0 Å². The molecule has 1 N–H and O–H groups in total. The van der Waals surface area contributed by atoms with E-state index in [1.165, 1.54) is 23.1 Å². The van der Waals surface area contributed by atoms with Gasteiger partial charge in [-0.25, -0.2) is 9.97 Å². The van der Waals surface area contributed by atoms with E-state index in [9.17, 15) is 4.79 Å². The largest absolute Gasteiger partial charge is 0.486 e. The van der Waals surface area contributed by atoms with Gasteiger partial charge in [-0.05, 0) is 37.3 Å². The lowest BCUT2D eigenvalue weighted by Crippen LogP contribution is -2.15. The molecule has 0 saturated carbocycles. The predicted octanol–water partition coefficient (Wildman–Crippen LogP) is 4.02. The van der Waals surface area contributed by atoms with Crippen LogP contribution in [0.5, 0.6) is 11.5 Å². The summed E-state index contributed by atoms with van der Waals surface area (Å²) < 4.78 is 11.2. The maximum atomic E-state index is 12.6. The zero-order chi connectivity index (χ0) is 17.9. The molecule has 0 atom stereocenters. The molecule has 3 aromatic rings. The Bertz CT molecular complexity index is 958. The maximum Gasteiger partial charge on any atom is 0.260 e. The van der Waals surface area contributed by atoms with Gasteiger partial charge in [0.25, 0.3) is 5.91 Å². The number of hydrogen-bond acceptors (Lipinski definition) is 7. The van der Waals surface area contributed by atoms with Gasteiger partial charge in [-0.15, -0.1) is 11.3 Å². The normalized spacial score (nSPS) is 12.7. The topological polar surface area (TPSA) is 73.3 Å². The Morgan fingerprint density at radius 1 is 1.19 bits per heavy atom. The van der Waals surface area contributed by atoms with Gasteiger partial charge in [0.1, 0.15) is 18.2 Å². The first-order valence-electron chi connectivity index (χ1n) is 7.95. The second kappa shape index (κ2) is 7.35. The van der Waals surface area contributed by atoms with E-state index in [0.29, 0.717) is 34.7 Å². The summed E-state index contributed by atoms with van der Waals surface area (Å²) in [4.78, 5) is 23.1. The Morgan fingerprint density at radius 2 is 2.04 bits per heavy atom. The number of pyridine rings is 1. The minimum absolute atomic E-state index is 0.229. The van der Waals surface area contributed by atoms with Gasteiger partial charge in [0.05, 0.1) is 5.56 Å². The van der Waals surface area contributed by atoms with Crippen LogP contribution in [-0.4, -0.2) is 29.1 Å². The molecule has 0 aliphatic carbocycles. The van der Waals surface area contributed by atoms with Crippen molar-refractivity contribution in [2.45, 2.75) is 16.8 Å². The fraction of sp³-hybridized carbons (Fsp3) is 0.167. The van der Waals surface area contributed by atoms with Crippen LogP contribution in [0.15, 0.2) is 52.6 Å². The van der Waals surface area contributed by atoms with Gasteiger partial charge in [-0.2, -0.15) is 0 Å². The summed E-state index contributed by atoms with van der Waals surface area (Å²) in [7, 11) is 0. The number of rotatable bonds is 4. The highest BCUT2D eigenvalue weighted by Crippen LogP contribution is 2.37. The van der Waals surface area contributed by atoms with Crippen LogP contribution >= 0.6 is 23.1 Å². The van der Waals surface area contributed by atoms with E-state index in [4.69, 9.17) is 9.47 Å². The van der Waals surface area contributed by atoms with Crippen molar-refractivity contribution >= 4 is 34.1 Å². The molecule has 4 rings (SSSR count). The molecule has 0 spiro atoms. The average molecular weight is 385 g/mol. The Morgan fingerprint density at radius 3 is 2.85 bits per heavy atom. The number of benzene rings is 1. The van der Waals surface area contributed by atoms with Crippen molar-refractivity contribution < 1.29 is 14.3 Å². The SMILES string of the molecule is Cc1cnc(NC(=O)c2cccnc2Sc2ccc3c(c2)OCCO3)s1. The Hall–Kier alpha value is -2.58. The third-order valence-electron chi connectivity index (χ3n) is 3.59. The number of carbonyl (C=O) groups is 1. The van der Waals surface area contributed by atoms with Crippen molar-refractivity contribution in [1.82, 2.24) is 9.97 Å². The van der Waals surface area contributed by atoms with E-state index in [1.807, 2.05) is 25.1 Å². The van der Waals surface area contributed by atoms with Crippen molar-refractivity contribution in [3.05, 3.63) is 53.2 Å². The van der Waals surface area contributed by atoms with E-state index < -0.39 is 0 Å². The molecule has 0 saturated heterocycles. The number of ether oxygens (including phenoxy) is 2. The highest BCUT2D eigenvalue weighted by molar-refractivity contribution is 7.99. The van der Waals surface area contributed by atoms with Crippen molar-refractivity contribution in [2.75, 3.05) is 18.5 Å². The lowest BCUT2D eigenvalue weighted by atomic mass is 10.3. The van der Waals surface area contributed by atoms with E-state index in [0.717, 1.165) is 15.5 Å². The standard InChI is InChI=1S/C18H15N3O3S2/c1-11-10-20-18(25-11)21-16(22)13-3-2-6-19-17(13)26-12-4-5-14-15(9-12)24-8-7-23-14/h2-6,9-10H,7-8H2,1H3,(H,20,21,22). The number of anilines is 1. The van der Waals surface area contributed by atoms with Crippen LogP contribution in [0.4, 0.5) is 5.13 Å². The molecule has 1 aromatic carbocycles. The highest BCUT2D eigenvalue weighted by Gasteiger charge is 2.17. The minimum Gasteiger partial charge on any atom is -0.486 e. The lowest BCUT2D eigenvalue weighted by molar-refractivity contribution is 0.102. The first-order chi connectivity index (χ1) is 12.7. The molecule has 0 unspecified atom stereocenters. The number of thiazole rings is 1. The van der Waals surface area contributed by atoms with Gasteiger partial charge < -0.3 is 9.47 Å². The maximum absolute atomic E-state index is 12.6. The number of hydrogen-bond donors (Lipinski definition) is 1. The van der Waals surface area contributed by atoms with Gasteiger partial charge >= 0.3 is 0 Å². The van der Waals surface area contributed by atoms with Crippen molar-refractivity contribution in [3.8, 4) is 11.5 Å². The number of nitrogens with one attached hydrogen (secondary N) is 1. The van der Waals surface area contributed by atoms with Crippen LogP contribution in [0.2, 0.25) is 0 Å². The predicted molar refractivity (Wildman–Crippen MR) is 101 cm³/mol. The number of fused-ring (bicyclic) bond motifs is 1. The minimum atomic E-state index is -0.229. The van der Waals surface area contributed by atoms with E-state index in [-0.39, 0.29) is 5.91 Å². The molecule has 1 aliphatic heterocycles. The zero-order valence-electron chi connectivity index (χ0n) is 13.9. The van der Waals surface area contributed by atoms with Gasteiger partial charge in [0, 0.05) is 22.2 Å². The summed E-state index contributed by atoms with van der Waals surface area (Å²) in [6.45, 7) is 3.03. The third-order valence-corrected chi connectivity index (χ3v) is 5.42. The van der Waals surface area contributed by atoms with Crippen molar-refractivity contribution in [1.29, 1.82) is 0 Å². The van der Waals surface area contributed by atoms with Crippen LogP contribution in [0, 0.1) is 6.92 Å². The van der Waals surface area contributed by atoms with Gasteiger partial charge in [-0.1, -0.05) is 11.8 Å². The van der Waals surface area contributed by atoms with E-state index in [2.05, 4.69) is 15.3 Å². The number of nitrogens with zero attached hydrogens (tertiary/aromatic N) is 2. The van der Waals surface area contributed by atoms with Gasteiger partial charge in [-0.3, -0.25) is 10.1 Å². The highest BCUT2D eigenvalue weighted by atomic mass is 32.2. The molecule has 0 bridgehead atoms. The van der Waals surface area contributed by atoms with Crippen LogP contribution < -0.4 is 14.8 Å². The number of aryl methyl sites for hydroxylation is 1. The van der Waals surface area contributed by atoms with Gasteiger partial charge in [0.2, 0.25) is 0 Å². The van der Waals surface area contributed by atoms with E-state index >= 15 is 0 Å². The molecular weight excluding hydrogens is 370 g/mol. The van der Waals surface area contributed by atoms with Crippen LogP contribution in [0.1, 0.15) is 15.2 Å². The molecule has 1 amide bonds. The molecule has 1 aliphatic rings. The molecule has 0 radical (unpaired) electrons. The van der Waals surface area contributed by atoms with E-state index in [1.54, 1.807) is 24.5 Å². The molecule has 6 nitrogen and oxygen atoms in total. The summed E-state index contributed by atoms with van der Waals surface area (Å²) in [6, 6.07) is 9.20. The number of aromatic nitrogens is 2. The summed E-state index contributed by atoms with van der Waals surface area (Å²) in [5, 5.41) is 4.02. The molecule has 8 heteroatoms. The Balaban J connectivity index is 1.56. The fourth-order valence-electron chi connectivity index (χ4n) is 2.42. The summed E-state index contributed by atoms with van der Waals surface area (Å²) in [5.41, 5.74) is 0.500. The number of carbonyl (C=O) groups excluding carboxylic acids is 1. The number of amides is 1. The van der Waals surface area contributed by atoms with Crippen molar-refractivity contribution in [3.63, 3.8) is 0 Å². The summed E-state index contributed by atoms with van der Waals surface area (Å²) >= 11 is 2.84. The smallest absolute Gasteiger partial charge is 0.260 e. The monoisotopic (exact) mass is 385 g/mol. The first-order valence-corrected chi connectivity index (χ1v) is 9.58. The summed E-state index contributed by atoms with van der Waals surface area (Å²) in [5.74, 6) is 1.22. The molecule has 0 fully saturated rings. The first kappa shape index (κ1) is 16.9.